The zero-order valence-electron chi connectivity index (χ0n) is 8.09. The number of rotatable bonds is 0. The van der Waals surface area contributed by atoms with E-state index in [1.54, 1.807) is 0 Å². The summed E-state index contributed by atoms with van der Waals surface area (Å²) in [5.41, 5.74) is -0.836. The fraction of sp³-hybridized carbons (Fsp3) is 0.636. The Kier molecular flexibility index (Phi) is 1.54. The molecule has 1 fully saturated rings. The van der Waals surface area contributed by atoms with Crippen LogP contribution in [-0.4, -0.2) is 11.6 Å². The van der Waals surface area contributed by atoms with E-state index in [2.05, 4.69) is 0 Å². The van der Waals surface area contributed by atoms with Crippen LogP contribution < -0.4 is 0 Å². The molecule has 2 aliphatic carbocycles. The first-order valence-corrected chi connectivity index (χ1v) is 4.72. The monoisotopic (exact) mass is 178 g/mol. The second kappa shape index (κ2) is 2.31. The molecule has 0 bridgehead atoms. The fourth-order valence-corrected chi connectivity index (χ4v) is 2.47. The predicted molar refractivity (Wildman–Crippen MR) is 49.2 cm³/mol. The van der Waals surface area contributed by atoms with E-state index in [0.717, 1.165) is 12.8 Å². The molecule has 2 rings (SSSR count). The van der Waals surface area contributed by atoms with Gasteiger partial charge in [-0.25, -0.2) is 0 Å². The number of allylic oxidation sites excluding steroid dienone is 2. The maximum Gasteiger partial charge on any atom is 0.147 e. The van der Waals surface area contributed by atoms with Gasteiger partial charge < -0.3 is 0 Å². The quantitative estimate of drug-likeness (QED) is 0.419. The molecule has 0 aromatic heterocycles. The lowest BCUT2D eigenvalue weighted by atomic mass is 9.61. The summed E-state index contributed by atoms with van der Waals surface area (Å²) >= 11 is 0. The van der Waals surface area contributed by atoms with E-state index in [1.807, 2.05) is 26.0 Å². The Balaban J connectivity index is 2.54. The van der Waals surface area contributed by atoms with Gasteiger partial charge >= 0.3 is 0 Å². The Morgan fingerprint density at radius 2 is 1.38 bits per heavy atom. The van der Waals surface area contributed by atoms with Gasteiger partial charge in [0.25, 0.3) is 0 Å². The molecule has 13 heavy (non-hydrogen) atoms. The van der Waals surface area contributed by atoms with Crippen molar-refractivity contribution in [1.82, 2.24) is 0 Å². The van der Waals surface area contributed by atoms with Gasteiger partial charge in [-0.05, 0) is 12.8 Å². The minimum Gasteiger partial charge on any atom is -0.299 e. The molecular weight excluding hydrogens is 164 g/mol. The first kappa shape index (κ1) is 8.67. The Morgan fingerprint density at radius 1 is 1.00 bits per heavy atom. The number of ketones is 2. The SMILES string of the molecule is C[C@@]12CC=CC[C@]1(C)C(=O)CC2=O. The molecule has 0 amide bonds. The van der Waals surface area contributed by atoms with Gasteiger partial charge in [0, 0.05) is 10.8 Å². The van der Waals surface area contributed by atoms with Crippen LogP contribution >= 0.6 is 0 Å². The number of hydrogen-bond donors (Lipinski definition) is 0. The summed E-state index contributed by atoms with van der Waals surface area (Å²) in [6, 6.07) is 0. The molecule has 0 unspecified atom stereocenters. The highest BCUT2D eigenvalue weighted by molar-refractivity contribution is 6.12. The number of hydrogen-bond acceptors (Lipinski definition) is 2. The van der Waals surface area contributed by atoms with Crippen molar-refractivity contribution >= 4 is 11.6 Å². The lowest BCUT2D eigenvalue weighted by Gasteiger charge is -2.39. The van der Waals surface area contributed by atoms with E-state index in [9.17, 15) is 9.59 Å². The second-order valence-electron chi connectivity index (χ2n) is 4.57. The molecular formula is C11H14O2. The van der Waals surface area contributed by atoms with Crippen molar-refractivity contribution in [2.24, 2.45) is 10.8 Å². The van der Waals surface area contributed by atoms with Gasteiger partial charge in [-0.15, -0.1) is 0 Å². The molecule has 2 nitrogen and oxygen atoms in total. The highest BCUT2D eigenvalue weighted by Crippen LogP contribution is 2.54. The molecule has 2 atom stereocenters. The summed E-state index contributed by atoms with van der Waals surface area (Å²) in [4.78, 5) is 23.4. The molecule has 0 aromatic carbocycles. The van der Waals surface area contributed by atoms with Crippen molar-refractivity contribution in [3.05, 3.63) is 12.2 Å². The predicted octanol–water partition coefficient (Wildman–Crippen LogP) is 1.89. The van der Waals surface area contributed by atoms with Crippen LogP contribution in [0.4, 0.5) is 0 Å². The largest absolute Gasteiger partial charge is 0.299 e. The molecule has 70 valence electrons. The second-order valence-corrected chi connectivity index (χ2v) is 4.57. The van der Waals surface area contributed by atoms with E-state index < -0.39 is 10.8 Å². The average molecular weight is 178 g/mol. The van der Waals surface area contributed by atoms with Crippen LogP contribution in [0.1, 0.15) is 33.1 Å². The van der Waals surface area contributed by atoms with Crippen LogP contribution in [0.15, 0.2) is 12.2 Å². The van der Waals surface area contributed by atoms with Crippen molar-refractivity contribution in [2.45, 2.75) is 33.1 Å². The Morgan fingerprint density at radius 3 is 1.77 bits per heavy atom. The minimum absolute atomic E-state index is 0.129. The van der Waals surface area contributed by atoms with Crippen LogP contribution in [0, 0.1) is 10.8 Å². The van der Waals surface area contributed by atoms with Gasteiger partial charge in [0.05, 0.1) is 6.42 Å². The summed E-state index contributed by atoms with van der Waals surface area (Å²) in [7, 11) is 0. The summed E-state index contributed by atoms with van der Waals surface area (Å²) < 4.78 is 0. The van der Waals surface area contributed by atoms with Crippen molar-refractivity contribution in [2.75, 3.05) is 0 Å². The highest BCUT2D eigenvalue weighted by Gasteiger charge is 2.59. The highest BCUT2D eigenvalue weighted by atomic mass is 16.2. The summed E-state index contributed by atoms with van der Waals surface area (Å²) in [5.74, 6) is 0.258. The maximum atomic E-state index is 11.7. The topological polar surface area (TPSA) is 34.1 Å². The third kappa shape index (κ3) is 0.835. The zero-order chi connectivity index (χ0) is 9.69. The van der Waals surface area contributed by atoms with Gasteiger partial charge in [0.15, 0.2) is 0 Å². The van der Waals surface area contributed by atoms with Crippen LogP contribution in [0.3, 0.4) is 0 Å². The Hall–Kier alpha value is -0.920. The van der Waals surface area contributed by atoms with E-state index >= 15 is 0 Å². The van der Waals surface area contributed by atoms with Crippen LogP contribution in [0.25, 0.3) is 0 Å². The van der Waals surface area contributed by atoms with Crippen LogP contribution in [0.5, 0.6) is 0 Å². The van der Waals surface area contributed by atoms with E-state index in [1.165, 1.54) is 0 Å². The lowest BCUT2D eigenvalue weighted by Crippen LogP contribution is -2.41. The van der Waals surface area contributed by atoms with Crippen molar-refractivity contribution in [1.29, 1.82) is 0 Å². The maximum absolute atomic E-state index is 11.7. The molecule has 2 aliphatic rings. The molecule has 0 aliphatic heterocycles. The molecule has 0 N–H and O–H groups in total. The minimum atomic E-state index is -0.418. The summed E-state index contributed by atoms with van der Waals surface area (Å²) in [6.45, 7) is 3.87. The number of Topliss-reactive ketones (excluding diaryl/α,β-unsaturated/α-hetero) is 2. The van der Waals surface area contributed by atoms with Gasteiger partial charge in [0.2, 0.25) is 0 Å². The number of fused-ring (bicyclic) bond motifs is 1. The van der Waals surface area contributed by atoms with E-state index in [-0.39, 0.29) is 18.0 Å². The van der Waals surface area contributed by atoms with Crippen molar-refractivity contribution < 1.29 is 9.59 Å². The van der Waals surface area contributed by atoms with Crippen LogP contribution in [0.2, 0.25) is 0 Å². The molecule has 0 radical (unpaired) electrons. The van der Waals surface area contributed by atoms with E-state index in [0.29, 0.717) is 0 Å². The Labute approximate surface area is 78.0 Å². The lowest BCUT2D eigenvalue weighted by molar-refractivity contribution is -0.132. The normalized spacial score (nSPS) is 43.8. The first-order valence-electron chi connectivity index (χ1n) is 4.72. The molecule has 0 saturated heterocycles. The molecule has 2 heteroatoms. The summed E-state index contributed by atoms with van der Waals surface area (Å²) in [5, 5.41) is 0. The fourth-order valence-electron chi connectivity index (χ4n) is 2.47. The van der Waals surface area contributed by atoms with Gasteiger partial charge in [-0.1, -0.05) is 26.0 Å². The van der Waals surface area contributed by atoms with Crippen molar-refractivity contribution in [3.63, 3.8) is 0 Å². The third-order valence-electron chi connectivity index (χ3n) is 3.99. The Bertz CT molecular complexity index is 286. The van der Waals surface area contributed by atoms with Gasteiger partial charge in [0.1, 0.15) is 11.6 Å². The van der Waals surface area contributed by atoms with E-state index in [4.69, 9.17) is 0 Å². The molecule has 0 aromatic rings. The average Bonchev–Trinajstić information content (AvgIpc) is 2.25. The smallest absolute Gasteiger partial charge is 0.147 e. The third-order valence-corrected chi connectivity index (χ3v) is 3.99. The van der Waals surface area contributed by atoms with Crippen LogP contribution in [-0.2, 0) is 9.59 Å². The molecule has 0 heterocycles. The summed E-state index contributed by atoms with van der Waals surface area (Å²) in [6.07, 6.45) is 5.66. The van der Waals surface area contributed by atoms with Gasteiger partial charge in [-0.3, -0.25) is 9.59 Å². The number of carbonyl (C=O) groups is 2. The first-order chi connectivity index (χ1) is 6.01. The zero-order valence-corrected chi connectivity index (χ0v) is 8.09. The number of carbonyl (C=O) groups excluding carboxylic acids is 2. The molecule has 1 saturated carbocycles. The van der Waals surface area contributed by atoms with Crippen molar-refractivity contribution in [3.8, 4) is 0 Å². The standard InChI is InChI=1S/C11H14O2/c1-10-5-3-4-6-11(10,2)9(13)7-8(10)12/h3-4H,5-7H2,1-2H3/t10-,11+. The molecule has 0 spiro atoms. The van der Waals surface area contributed by atoms with Gasteiger partial charge in [-0.2, -0.15) is 0 Å².